The zero-order valence-corrected chi connectivity index (χ0v) is 23.4. The minimum atomic E-state index is -4.86. The number of carbonyl (C=O) groups excluding carboxylic acids is 1. The van der Waals surface area contributed by atoms with Gasteiger partial charge in [0.2, 0.25) is 5.91 Å². The number of benzene rings is 2. The number of aromatic nitrogens is 3. The summed E-state index contributed by atoms with van der Waals surface area (Å²) in [6.45, 7) is 11.2. The molecule has 3 aromatic rings. The Hall–Kier alpha value is -4.78. The second-order valence-corrected chi connectivity index (χ2v) is 10.6. The van der Waals surface area contributed by atoms with Crippen molar-refractivity contribution in [3.63, 3.8) is 0 Å². The van der Waals surface area contributed by atoms with Gasteiger partial charge in [-0.05, 0) is 56.5 Å². The summed E-state index contributed by atoms with van der Waals surface area (Å²) in [4.78, 5) is 24.7. The zero-order chi connectivity index (χ0) is 31.2. The van der Waals surface area contributed by atoms with Crippen LogP contribution in [0.1, 0.15) is 63.8 Å². The van der Waals surface area contributed by atoms with Crippen LogP contribution >= 0.6 is 0 Å². The van der Waals surface area contributed by atoms with Crippen molar-refractivity contribution in [1.82, 2.24) is 14.8 Å². The quantitative estimate of drug-likeness (QED) is 0.265. The van der Waals surface area contributed by atoms with E-state index in [1.807, 2.05) is 45.9 Å². The number of carbonyl (C=O) groups is 1. The number of rotatable bonds is 7. The van der Waals surface area contributed by atoms with Crippen LogP contribution in [0, 0.1) is 38.7 Å². The predicted octanol–water partition coefficient (Wildman–Crippen LogP) is 6.14. The van der Waals surface area contributed by atoms with Crippen molar-refractivity contribution in [3.05, 3.63) is 81.4 Å². The van der Waals surface area contributed by atoms with Gasteiger partial charge in [-0.1, -0.05) is 32.0 Å². The summed E-state index contributed by atoms with van der Waals surface area (Å²) < 4.78 is 39.7. The number of nitrogens with zero attached hydrogens (tertiary/aromatic N) is 6. The molecule has 0 aliphatic heterocycles. The average Bonchev–Trinajstić information content (AvgIpc) is 3.41. The topological polar surface area (TPSA) is 151 Å². The number of hydrogen-bond acceptors (Lipinski definition) is 7. The Morgan fingerprint density at radius 3 is 2.02 bits per heavy atom. The number of hydrogen-bond donors (Lipinski definition) is 1. The molecule has 10 nitrogen and oxygen atoms in total. The molecule has 0 fully saturated rings. The number of nitro benzene ring substituents is 1. The van der Waals surface area contributed by atoms with Crippen LogP contribution < -0.4 is 5.32 Å². The van der Waals surface area contributed by atoms with Crippen molar-refractivity contribution in [2.45, 2.75) is 65.1 Å². The van der Waals surface area contributed by atoms with Gasteiger partial charge in [0.15, 0.2) is 0 Å². The Balaban J connectivity index is 0.000000290. The summed E-state index contributed by atoms with van der Waals surface area (Å²) in [6, 6.07) is 12.9. The SMILES string of the molecule is CC(C)(C#N)c1cc(Cn2cncn2)cc(C(C)(C)C#N)c1.CC(C)C(=O)Nc1ccc([N+](=O)[O-])c(C(F)(F)F)c1. The molecule has 0 spiro atoms. The predicted molar refractivity (Wildman–Crippen MR) is 144 cm³/mol. The van der Waals surface area contributed by atoms with Gasteiger partial charge in [0, 0.05) is 17.7 Å². The van der Waals surface area contributed by atoms with E-state index in [1.165, 1.54) is 6.33 Å². The lowest BCUT2D eigenvalue weighted by Gasteiger charge is -2.23. The summed E-state index contributed by atoms with van der Waals surface area (Å²) in [6.07, 6.45) is -1.72. The second kappa shape index (κ2) is 12.6. The summed E-state index contributed by atoms with van der Waals surface area (Å²) in [7, 11) is 0. The van der Waals surface area contributed by atoms with Gasteiger partial charge in [-0.15, -0.1) is 0 Å². The molecule has 0 atom stereocenters. The molecule has 1 amide bonds. The monoisotopic (exact) mass is 569 g/mol. The molecule has 2 aromatic carbocycles. The van der Waals surface area contributed by atoms with Gasteiger partial charge in [-0.3, -0.25) is 14.9 Å². The fourth-order valence-electron chi connectivity index (χ4n) is 3.42. The minimum Gasteiger partial charge on any atom is -0.326 e. The summed E-state index contributed by atoms with van der Waals surface area (Å²) in [5, 5.41) is 35.7. The highest BCUT2D eigenvalue weighted by Crippen LogP contribution is 2.37. The van der Waals surface area contributed by atoms with Crippen LogP contribution in [0.15, 0.2) is 49.1 Å². The highest BCUT2D eigenvalue weighted by molar-refractivity contribution is 5.92. The van der Waals surface area contributed by atoms with Crippen molar-refractivity contribution in [2.75, 3.05) is 5.32 Å². The van der Waals surface area contributed by atoms with Crippen molar-refractivity contribution in [3.8, 4) is 12.1 Å². The molecular formula is C28H30F3N7O3. The lowest BCUT2D eigenvalue weighted by atomic mass is 9.79. The molecule has 0 unspecified atom stereocenters. The van der Waals surface area contributed by atoms with E-state index in [0.717, 1.165) is 28.8 Å². The molecule has 0 saturated heterocycles. The van der Waals surface area contributed by atoms with Crippen LogP contribution in [0.4, 0.5) is 24.5 Å². The molecule has 0 saturated carbocycles. The summed E-state index contributed by atoms with van der Waals surface area (Å²) in [5.74, 6) is -0.883. The molecule has 13 heteroatoms. The Morgan fingerprint density at radius 1 is 1.05 bits per heavy atom. The van der Waals surface area contributed by atoms with Gasteiger partial charge in [-0.25, -0.2) is 9.67 Å². The highest BCUT2D eigenvalue weighted by Gasteiger charge is 2.38. The van der Waals surface area contributed by atoms with E-state index < -0.39 is 45.0 Å². The number of anilines is 1. The molecule has 41 heavy (non-hydrogen) atoms. The van der Waals surface area contributed by atoms with Crippen LogP contribution in [-0.2, 0) is 28.3 Å². The van der Waals surface area contributed by atoms with Crippen LogP contribution in [0.25, 0.3) is 0 Å². The van der Waals surface area contributed by atoms with E-state index in [1.54, 1.807) is 24.9 Å². The number of nitrogens with one attached hydrogen (secondary N) is 1. The van der Waals surface area contributed by atoms with Crippen molar-refractivity contribution in [1.29, 1.82) is 10.5 Å². The fraction of sp³-hybridized carbons (Fsp3) is 0.393. The maximum atomic E-state index is 12.7. The second-order valence-electron chi connectivity index (χ2n) is 10.6. The molecule has 1 heterocycles. The third-order valence-corrected chi connectivity index (χ3v) is 6.10. The maximum Gasteiger partial charge on any atom is 0.423 e. The minimum absolute atomic E-state index is 0.128. The van der Waals surface area contributed by atoms with Crippen molar-refractivity contribution in [2.24, 2.45) is 5.92 Å². The molecule has 0 aliphatic carbocycles. The number of nitro groups is 1. The summed E-state index contributed by atoms with van der Waals surface area (Å²) in [5.41, 5.74) is -0.968. The van der Waals surface area contributed by atoms with E-state index in [-0.39, 0.29) is 5.69 Å². The van der Waals surface area contributed by atoms with Crippen LogP contribution in [-0.4, -0.2) is 25.6 Å². The van der Waals surface area contributed by atoms with E-state index in [4.69, 9.17) is 0 Å². The first-order valence-electron chi connectivity index (χ1n) is 12.4. The first-order valence-corrected chi connectivity index (χ1v) is 12.4. The smallest absolute Gasteiger partial charge is 0.326 e. The van der Waals surface area contributed by atoms with Crippen LogP contribution in [0.5, 0.6) is 0 Å². The molecule has 1 N–H and O–H groups in total. The normalized spacial score (nSPS) is 11.6. The molecular weight excluding hydrogens is 539 g/mol. The Bertz CT molecular complexity index is 1440. The Kier molecular flexibility index (Phi) is 9.96. The van der Waals surface area contributed by atoms with Crippen LogP contribution in [0.3, 0.4) is 0 Å². The first kappa shape index (κ1) is 32.4. The molecule has 0 radical (unpaired) electrons. The van der Waals surface area contributed by atoms with Gasteiger partial charge in [0.25, 0.3) is 5.69 Å². The largest absolute Gasteiger partial charge is 0.423 e. The van der Waals surface area contributed by atoms with E-state index in [2.05, 4.69) is 27.5 Å². The first-order chi connectivity index (χ1) is 18.9. The third-order valence-electron chi connectivity index (χ3n) is 6.10. The number of amides is 1. The van der Waals surface area contributed by atoms with Gasteiger partial charge in [0.05, 0.1) is 34.4 Å². The molecule has 0 aliphatic rings. The molecule has 216 valence electrons. The third kappa shape index (κ3) is 8.60. The molecule has 3 rings (SSSR count). The average molecular weight is 570 g/mol. The van der Waals surface area contributed by atoms with Crippen LogP contribution in [0.2, 0.25) is 0 Å². The molecule has 0 bridgehead atoms. The zero-order valence-electron chi connectivity index (χ0n) is 23.4. The Labute approximate surface area is 235 Å². The van der Waals surface area contributed by atoms with Crippen molar-refractivity contribution < 1.29 is 22.9 Å². The highest BCUT2D eigenvalue weighted by atomic mass is 19.4. The fourth-order valence-corrected chi connectivity index (χ4v) is 3.42. The van der Waals surface area contributed by atoms with Gasteiger partial charge < -0.3 is 5.32 Å². The van der Waals surface area contributed by atoms with E-state index in [0.29, 0.717) is 12.6 Å². The van der Waals surface area contributed by atoms with Crippen molar-refractivity contribution >= 4 is 17.3 Å². The van der Waals surface area contributed by atoms with Gasteiger partial charge in [0.1, 0.15) is 18.2 Å². The maximum absolute atomic E-state index is 12.7. The Morgan fingerprint density at radius 2 is 1.61 bits per heavy atom. The lowest BCUT2D eigenvalue weighted by molar-refractivity contribution is -0.388. The van der Waals surface area contributed by atoms with E-state index in [9.17, 15) is 38.6 Å². The van der Waals surface area contributed by atoms with E-state index >= 15 is 0 Å². The standard InChI is InChI=1S/C17H19N5.C11H11F3N2O3/c1-16(2,9-18)14-5-13(8-22-12-20-11-21-22)6-15(7-14)17(3,4)10-19;1-6(2)10(17)15-7-3-4-9(16(18)19)8(5-7)11(12,13)14/h5-7,11-12H,8H2,1-4H3;3-6H,1-2H3,(H,15,17). The number of halogens is 3. The number of alkyl halides is 3. The molecule has 1 aromatic heterocycles. The van der Waals surface area contributed by atoms with Gasteiger partial charge >= 0.3 is 6.18 Å². The number of nitriles is 2. The summed E-state index contributed by atoms with van der Waals surface area (Å²) >= 11 is 0. The van der Waals surface area contributed by atoms with Gasteiger partial charge in [-0.2, -0.15) is 28.8 Å². The lowest BCUT2D eigenvalue weighted by Crippen LogP contribution is -2.20.